The third-order valence-electron chi connectivity index (χ3n) is 3.40. The van der Waals surface area contributed by atoms with E-state index in [0.717, 1.165) is 6.54 Å². The minimum absolute atomic E-state index is 0.0197. The van der Waals surface area contributed by atoms with E-state index in [1.807, 2.05) is 6.92 Å². The first-order valence-electron chi connectivity index (χ1n) is 5.74. The number of Topliss-reactive ketones (excluding diaryl/α,β-unsaturated/α-hetero) is 1. The third kappa shape index (κ3) is 2.09. The van der Waals surface area contributed by atoms with Crippen LogP contribution < -0.4 is 5.32 Å². The van der Waals surface area contributed by atoms with Crippen LogP contribution >= 0.6 is 0 Å². The molecule has 0 amide bonds. The van der Waals surface area contributed by atoms with Gasteiger partial charge in [0.2, 0.25) is 0 Å². The molecule has 0 saturated carbocycles. The molecule has 1 heterocycles. The minimum Gasteiger partial charge on any atom is -0.313 e. The van der Waals surface area contributed by atoms with Crippen molar-refractivity contribution in [2.75, 3.05) is 6.54 Å². The highest BCUT2D eigenvalue weighted by atomic mass is 19.2. The molecule has 1 aromatic rings. The van der Waals surface area contributed by atoms with Crippen molar-refractivity contribution in [3.63, 3.8) is 0 Å². The summed E-state index contributed by atoms with van der Waals surface area (Å²) in [5.41, 5.74) is 0.0882. The van der Waals surface area contributed by atoms with Crippen LogP contribution in [-0.4, -0.2) is 18.4 Å². The normalized spacial score (nSPS) is 24.0. The first kappa shape index (κ1) is 12.2. The van der Waals surface area contributed by atoms with Crippen LogP contribution in [0.2, 0.25) is 0 Å². The lowest BCUT2D eigenvalue weighted by atomic mass is 9.91. The van der Waals surface area contributed by atoms with Crippen molar-refractivity contribution in [2.24, 2.45) is 5.92 Å². The van der Waals surface area contributed by atoms with Gasteiger partial charge in [0, 0.05) is 12.0 Å². The number of halogens is 2. The Labute approximate surface area is 99.0 Å². The van der Waals surface area contributed by atoms with Crippen LogP contribution in [-0.2, 0) is 0 Å². The van der Waals surface area contributed by atoms with Crippen molar-refractivity contribution >= 4 is 5.78 Å². The maximum atomic E-state index is 13.7. The van der Waals surface area contributed by atoms with Gasteiger partial charge in [0.25, 0.3) is 0 Å². The van der Waals surface area contributed by atoms with Crippen LogP contribution in [0.25, 0.3) is 0 Å². The van der Waals surface area contributed by atoms with Gasteiger partial charge in [-0.3, -0.25) is 4.79 Å². The average Bonchev–Trinajstić information content (AvgIpc) is 2.72. The topological polar surface area (TPSA) is 29.1 Å². The van der Waals surface area contributed by atoms with Crippen LogP contribution in [0.15, 0.2) is 12.1 Å². The van der Waals surface area contributed by atoms with Gasteiger partial charge in [-0.1, -0.05) is 6.07 Å². The van der Waals surface area contributed by atoms with Crippen molar-refractivity contribution in [3.8, 4) is 0 Å². The SMILES string of the molecule is Cc1ccc(C(=O)C2CCNC2C)c(F)c1F. The van der Waals surface area contributed by atoms with E-state index in [0.29, 0.717) is 6.42 Å². The number of nitrogens with one attached hydrogen (secondary N) is 1. The second-order valence-electron chi connectivity index (χ2n) is 4.56. The van der Waals surface area contributed by atoms with Gasteiger partial charge in [-0.15, -0.1) is 0 Å². The summed E-state index contributed by atoms with van der Waals surface area (Å²) >= 11 is 0. The number of aryl methyl sites for hydroxylation is 1. The first-order chi connectivity index (χ1) is 8.02. The zero-order valence-electron chi connectivity index (χ0n) is 9.89. The van der Waals surface area contributed by atoms with E-state index < -0.39 is 11.6 Å². The molecule has 2 unspecified atom stereocenters. The van der Waals surface area contributed by atoms with Gasteiger partial charge in [0.05, 0.1) is 5.56 Å². The van der Waals surface area contributed by atoms with Gasteiger partial charge < -0.3 is 5.32 Å². The van der Waals surface area contributed by atoms with Gasteiger partial charge >= 0.3 is 0 Å². The highest BCUT2D eigenvalue weighted by molar-refractivity contribution is 5.98. The molecule has 0 bridgehead atoms. The van der Waals surface area contributed by atoms with E-state index in [4.69, 9.17) is 0 Å². The number of hydrogen-bond acceptors (Lipinski definition) is 2. The van der Waals surface area contributed by atoms with Crippen LogP contribution in [0.3, 0.4) is 0 Å². The van der Waals surface area contributed by atoms with Crippen molar-refractivity contribution in [2.45, 2.75) is 26.3 Å². The second-order valence-corrected chi connectivity index (χ2v) is 4.56. The summed E-state index contributed by atoms with van der Waals surface area (Å²) in [5.74, 6) is -2.51. The zero-order chi connectivity index (χ0) is 12.6. The minimum atomic E-state index is -1.02. The van der Waals surface area contributed by atoms with Crippen molar-refractivity contribution in [1.82, 2.24) is 5.32 Å². The Hall–Kier alpha value is -1.29. The molecule has 1 aromatic carbocycles. The van der Waals surface area contributed by atoms with Crippen molar-refractivity contribution in [1.29, 1.82) is 0 Å². The fourth-order valence-corrected chi connectivity index (χ4v) is 2.25. The lowest BCUT2D eigenvalue weighted by Crippen LogP contribution is -2.28. The lowest BCUT2D eigenvalue weighted by molar-refractivity contribution is 0.0909. The summed E-state index contributed by atoms with van der Waals surface area (Å²) in [5, 5.41) is 3.13. The summed E-state index contributed by atoms with van der Waals surface area (Å²) in [6, 6.07) is 2.84. The molecular weight excluding hydrogens is 224 g/mol. The fraction of sp³-hybridized carbons (Fsp3) is 0.462. The first-order valence-corrected chi connectivity index (χ1v) is 5.74. The monoisotopic (exact) mass is 239 g/mol. The standard InChI is InChI=1S/C13H15F2NO/c1-7-3-4-10(12(15)11(7)14)13(17)9-5-6-16-8(9)2/h3-4,8-9,16H,5-6H2,1-2H3. The fourth-order valence-electron chi connectivity index (χ4n) is 2.25. The Bertz CT molecular complexity index is 459. The van der Waals surface area contributed by atoms with E-state index in [2.05, 4.69) is 5.32 Å². The summed E-state index contributed by atoms with van der Waals surface area (Å²) in [7, 11) is 0. The maximum absolute atomic E-state index is 13.7. The number of carbonyl (C=O) groups excluding carboxylic acids is 1. The molecule has 1 saturated heterocycles. The Morgan fingerprint density at radius 3 is 2.65 bits per heavy atom. The molecule has 1 aliphatic heterocycles. The van der Waals surface area contributed by atoms with Crippen LogP contribution in [0.1, 0.15) is 29.3 Å². The summed E-state index contributed by atoms with van der Waals surface area (Å²) in [6.45, 7) is 4.11. The second kappa shape index (κ2) is 4.53. The molecular formula is C13H15F2NO. The molecule has 2 nitrogen and oxygen atoms in total. The van der Waals surface area contributed by atoms with E-state index in [9.17, 15) is 13.6 Å². The molecule has 17 heavy (non-hydrogen) atoms. The molecule has 0 spiro atoms. The summed E-state index contributed by atoms with van der Waals surface area (Å²) in [4.78, 5) is 12.1. The average molecular weight is 239 g/mol. The number of hydrogen-bond donors (Lipinski definition) is 1. The zero-order valence-corrected chi connectivity index (χ0v) is 9.89. The van der Waals surface area contributed by atoms with Gasteiger partial charge in [0.15, 0.2) is 17.4 Å². The van der Waals surface area contributed by atoms with Gasteiger partial charge in [-0.25, -0.2) is 8.78 Å². The highest BCUT2D eigenvalue weighted by Gasteiger charge is 2.32. The molecule has 2 rings (SSSR count). The summed E-state index contributed by atoms with van der Waals surface area (Å²) < 4.78 is 27.1. The number of rotatable bonds is 2. The number of carbonyl (C=O) groups is 1. The molecule has 0 aliphatic carbocycles. The Morgan fingerprint density at radius 2 is 2.06 bits per heavy atom. The van der Waals surface area contributed by atoms with Crippen molar-refractivity contribution in [3.05, 3.63) is 34.9 Å². The van der Waals surface area contributed by atoms with E-state index in [-0.39, 0.29) is 28.9 Å². The Kier molecular flexibility index (Phi) is 3.24. The predicted octanol–water partition coefficient (Wildman–Crippen LogP) is 2.45. The molecule has 1 fully saturated rings. The largest absolute Gasteiger partial charge is 0.313 e. The third-order valence-corrected chi connectivity index (χ3v) is 3.40. The summed E-state index contributed by atoms with van der Waals surface area (Å²) in [6.07, 6.45) is 0.676. The number of benzene rings is 1. The van der Waals surface area contributed by atoms with Crippen LogP contribution in [0, 0.1) is 24.5 Å². The molecule has 4 heteroatoms. The highest BCUT2D eigenvalue weighted by Crippen LogP contribution is 2.24. The molecule has 0 aromatic heterocycles. The Balaban J connectivity index is 2.34. The van der Waals surface area contributed by atoms with Gasteiger partial charge in [0.1, 0.15) is 0 Å². The lowest BCUT2D eigenvalue weighted by Gasteiger charge is -2.14. The van der Waals surface area contributed by atoms with Gasteiger partial charge in [-0.05, 0) is 38.4 Å². The van der Waals surface area contributed by atoms with Crippen LogP contribution in [0.4, 0.5) is 8.78 Å². The molecule has 1 N–H and O–H groups in total. The predicted molar refractivity (Wildman–Crippen MR) is 61.0 cm³/mol. The maximum Gasteiger partial charge on any atom is 0.170 e. The molecule has 2 atom stereocenters. The smallest absolute Gasteiger partial charge is 0.170 e. The van der Waals surface area contributed by atoms with Crippen LogP contribution in [0.5, 0.6) is 0 Å². The Morgan fingerprint density at radius 1 is 1.35 bits per heavy atom. The van der Waals surface area contributed by atoms with Gasteiger partial charge in [-0.2, -0.15) is 0 Å². The molecule has 0 radical (unpaired) electrons. The molecule has 92 valence electrons. The molecule has 1 aliphatic rings. The van der Waals surface area contributed by atoms with E-state index >= 15 is 0 Å². The van der Waals surface area contributed by atoms with E-state index in [1.54, 1.807) is 0 Å². The number of ketones is 1. The van der Waals surface area contributed by atoms with E-state index in [1.165, 1.54) is 19.1 Å². The quantitative estimate of drug-likeness (QED) is 0.803. The van der Waals surface area contributed by atoms with Crippen molar-refractivity contribution < 1.29 is 13.6 Å².